The van der Waals surface area contributed by atoms with Gasteiger partial charge in [0, 0.05) is 6.42 Å². The van der Waals surface area contributed by atoms with Crippen LogP contribution in [0, 0.1) is 11.3 Å². The van der Waals surface area contributed by atoms with Crippen molar-refractivity contribution in [3.05, 3.63) is 29.3 Å². The van der Waals surface area contributed by atoms with Crippen LogP contribution in [0.1, 0.15) is 31.4 Å². The average molecular weight is 258 g/mol. The monoisotopic (exact) mass is 258 g/mol. The minimum absolute atomic E-state index is 0.344. The zero-order chi connectivity index (χ0) is 13.9. The van der Waals surface area contributed by atoms with E-state index in [0.717, 1.165) is 38.1 Å². The van der Waals surface area contributed by atoms with Crippen LogP contribution >= 0.6 is 0 Å². The molecule has 102 valence electrons. The predicted octanol–water partition coefficient (Wildman–Crippen LogP) is 2.79. The van der Waals surface area contributed by atoms with Crippen LogP contribution in [-0.2, 0) is 12.8 Å². The fourth-order valence-corrected chi connectivity index (χ4v) is 3.15. The van der Waals surface area contributed by atoms with Crippen molar-refractivity contribution in [3.8, 4) is 11.8 Å². The highest BCUT2D eigenvalue weighted by Gasteiger charge is 2.38. The van der Waals surface area contributed by atoms with Gasteiger partial charge in [-0.05, 0) is 49.2 Å². The van der Waals surface area contributed by atoms with Gasteiger partial charge in [0.2, 0.25) is 0 Å². The zero-order valence-corrected chi connectivity index (χ0v) is 12.1. The van der Waals surface area contributed by atoms with Crippen LogP contribution in [0.25, 0.3) is 0 Å². The van der Waals surface area contributed by atoms with Crippen molar-refractivity contribution < 1.29 is 4.74 Å². The third-order valence-electron chi connectivity index (χ3n) is 4.28. The Morgan fingerprint density at radius 2 is 2.05 bits per heavy atom. The summed E-state index contributed by atoms with van der Waals surface area (Å²) in [4.78, 5) is 2.29. The molecule has 1 atom stereocenters. The van der Waals surface area contributed by atoms with Gasteiger partial charge in [0.05, 0.1) is 13.2 Å². The van der Waals surface area contributed by atoms with E-state index in [1.165, 1.54) is 11.1 Å². The molecule has 1 aliphatic rings. The lowest BCUT2D eigenvalue weighted by Gasteiger charge is -2.41. The number of nitrogens with zero attached hydrogens (tertiary/aromatic N) is 2. The Hall–Kier alpha value is -1.53. The summed E-state index contributed by atoms with van der Waals surface area (Å²) < 4.78 is 5.30. The number of nitriles is 1. The number of hydrogen-bond donors (Lipinski definition) is 0. The van der Waals surface area contributed by atoms with Crippen LogP contribution in [0.4, 0.5) is 0 Å². The van der Waals surface area contributed by atoms with Crippen LogP contribution in [-0.4, -0.2) is 30.6 Å². The summed E-state index contributed by atoms with van der Waals surface area (Å²) in [5, 5.41) is 9.70. The average Bonchev–Trinajstić information content (AvgIpc) is 2.47. The molecule has 2 rings (SSSR count). The standard InChI is InChI=1S/C16H22N2O/c1-4-18(5-2)16(12-17)9-8-13-6-7-15(19-3)10-14(13)11-16/h6-7,10H,4-5,8-9,11H2,1-3H3. The van der Waals surface area contributed by atoms with Gasteiger partial charge in [0.15, 0.2) is 0 Å². The quantitative estimate of drug-likeness (QED) is 0.833. The van der Waals surface area contributed by atoms with E-state index in [9.17, 15) is 5.26 Å². The number of hydrogen-bond acceptors (Lipinski definition) is 3. The van der Waals surface area contributed by atoms with Crippen molar-refractivity contribution in [2.45, 2.75) is 38.6 Å². The molecule has 19 heavy (non-hydrogen) atoms. The lowest BCUT2D eigenvalue weighted by Crippen LogP contribution is -2.51. The van der Waals surface area contributed by atoms with Gasteiger partial charge in [0.1, 0.15) is 11.3 Å². The van der Waals surface area contributed by atoms with Crippen molar-refractivity contribution in [1.82, 2.24) is 4.90 Å². The lowest BCUT2D eigenvalue weighted by molar-refractivity contribution is 0.135. The van der Waals surface area contributed by atoms with Crippen molar-refractivity contribution in [2.75, 3.05) is 20.2 Å². The first kappa shape index (κ1) is 13.9. The van der Waals surface area contributed by atoms with Crippen molar-refractivity contribution in [2.24, 2.45) is 0 Å². The Balaban J connectivity index is 2.35. The van der Waals surface area contributed by atoms with Gasteiger partial charge in [-0.1, -0.05) is 19.9 Å². The lowest BCUT2D eigenvalue weighted by atomic mass is 9.77. The third kappa shape index (κ3) is 2.46. The van der Waals surface area contributed by atoms with Crippen LogP contribution in [0.5, 0.6) is 5.75 Å². The molecule has 0 N–H and O–H groups in total. The van der Waals surface area contributed by atoms with E-state index in [0.29, 0.717) is 0 Å². The maximum Gasteiger partial charge on any atom is 0.119 e. The Bertz CT molecular complexity index is 488. The highest BCUT2D eigenvalue weighted by atomic mass is 16.5. The molecule has 0 saturated heterocycles. The fourth-order valence-electron chi connectivity index (χ4n) is 3.15. The van der Waals surface area contributed by atoms with Crippen LogP contribution in [0.2, 0.25) is 0 Å². The second-order valence-electron chi connectivity index (χ2n) is 5.13. The summed E-state index contributed by atoms with van der Waals surface area (Å²) in [6.45, 7) is 6.10. The topological polar surface area (TPSA) is 36.3 Å². The van der Waals surface area contributed by atoms with Gasteiger partial charge in [-0.2, -0.15) is 5.26 Å². The van der Waals surface area contributed by atoms with E-state index in [2.05, 4.69) is 36.9 Å². The van der Waals surface area contributed by atoms with Gasteiger partial charge in [-0.25, -0.2) is 0 Å². The smallest absolute Gasteiger partial charge is 0.119 e. The fraction of sp³-hybridized carbons (Fsp3) is 0.562. The van der Waals surface area contributed by atoms with Crippen LogP contribution < -0.4 is 4.74 Å². The molecule has 3 heteroatoms. The molecule has 0 amide bonds. The van der Waals surface area contributed by atoms with Gasteiger partial charge < -0.3 is 4.74 Å². The van der Waals surface area contributed by atoms with E-state index in [1.54, 1.807) is 7.11 Å². The van der Waals surface area contributed by atoms with Crippen molar-refractivity contribution in [1.29, 1.82) is 5.26 Å². The first-order chi connectivity index (χ1) is 9.19. The Kier molecular flexibility index (Phi) is 4.11. The number of rotatable bonds is 4. The van der Waals surface area contributed by atoms with Crippen LogP contribution in [0.15, 0.2) is 18.2 Å². The maximum atomic E-state index is 9.70. The van der Waals surface area contributed by atoms with E-state index in [1.807, 2.05) is 6.07 Å². The largest absolute Gasteiger partial charge is 0.497 e. The minimum atomic E-state index is -0.344. The van der Waals surface area contributed by atoms with E-state index < -0.39 is 0 Å². The predicted molar refractivity (Wildman–Crippen MR) is 76.3 cm³/mol. The number of ether oxygens (including phenoxy) is 1. The molecule has 0 spiro atoms. The van der Waals surface area contributed by atoms with Crippen molar-refractivity contribution >= 4 is 0 Å². The number of methoxy groups -OCH3 is 1. The van der Waals surface area contributed by atoms with Gasteiger partial charge in [-0.3, -0.25) is 4.90 Å². The molecule has 0 fully saturated rings. The molecule has 0 aliphatic heterocycles. The highest BCUT2D eigenvalue weighted by molar-refractivity contribution is 5.40. The van der Waals surface area contributed by atoms with E-state index in [-0.39, 0.29) is 5.54 Å². The molecule has 1 aromatic carbocycles. The number of aryl methyl sites for hydroxylation is 1. The van der Waals surface area contributed by atoms with Gasteiger partial charge in [-0.15, -0.1) is 0 Å². The zero-order valence-electron chi connectivity index (χ0n) is 12.1. The summed E-state index contributed by atoms with van der Waals surface area (Å²) in [6, 6.07) is 8.82. The molecule has 1 aromatic rings. The number of benzene rings is 1. The molecule has 0 heterocycles. The molecular weight excluding hydrogens is 236 g/mol. The summed E-state index contributed by atoms with van der Waals surface area (Å²) in [7, 11) is 1.69. The Labute approximate surface area is 115 Å². The minimum Gasteiger partial charge on any atom is -0.497 e. The third-order valence-corrected chi connectivity index (χ3v) is 4.28. The molecule has 1 unspecified atom stereocenters. The van der Waals surface area contributed by atoms with Gasteiger partial charge in [0.25, 0.3) is 0 Å². The summed E-state index contributed by atoms with van der Waals surface area (Å²) in [6.07, 6.45) is 2.70. The van der Waals surface area contributed by atoms with Gasteiger partial charge >= 0.3 is 0 Å². The second kappa shape index (κ2) is 5.63. The molecular formula is C16H22N2O. The SMILES string of the molecule is CCN(CC)C1(C#N)CCc2ccc(OC)cc2C1. The highest BCUT2D eigenvalue weighted by Crippen LogP contribution is 2.34. The van der Waals surface area contributed by atoms with Crippen molar-refractivity contribution in [3.63, 3.8) is 0 Å². The first-order valence-corrected chi connectivity index (χ1v) is 7.01. The Morgan fingerprint density at radius 1 is 1.32 bits per heavy atom. The van der Waals surface area contributed by atoms with Crippen LogP contribution in [0.3, 0.4) is 0 Å². The summed E-state index contributed by atoms with van der Waals surface area (Å²) in [5.41, 5.74) is 2.28. The first-order valence-electron chi connectivity index (χ1n) is 7.01. The molecule has 3 nitrogen and oxygen atoms in total. The normalized spacial score (nSPS) is 21.8. The molecule has 0 radical (unpaired) electrons. The summed E-state index contributed by atoms with van der Waals surface area (Å²) >= 11 is 0. The molecule has 1 aliphatic carbocycles. The maximum absolute atomic E-state index is 9.70. The number of likely N-dealkylation sites (N-methyl/N-ethyl adjacent to an activating group) is 1. The number of fused-ring (bicyclic) bond motifs is 1. The second-order valence-corrected chi connectivity index (χ2v) is 5.13. The summed E-state index contributed by atoms with van der Waals surface area (Å²) in [5.74, 6) is 0.882. The van der Waals surface area contributed by atoms with E-state index >= 15 is 0 Å². The molecule has 0 aromatic heterocycles. The molecule has 0 bridgehead atoms. The Morgan fingerprint density at radius 3 is 2.63 bits per heavy atom. The molecule has 0 saturated carbocycles. The van der Waals surface area contributed by atoms with E-state index in [4.69, 9.17) is 4.74 Å².